The third-order valence-corrected chi connectivity index (χ3v) is 3.53. The van der Waals surface area contributed by atoms with Gasteiger partial charge in [0.25, 0.3) is 0 Å². The Labute approximate surface area is 114 Å². The molecular formula is C15H23NO3. The van der Waals surface area contributed by atoms with Crippen LogP contribution in [0.1, 0.15) is 32.4 Å². The SMILES string of the molecule is CC(NC(CO)C(C)C)c1ccc2c(c1)OCCO2. The Morgan fingerprint density at radius 2 is 1.84 bits per heavy atom. The van der Waals surface area contributed by atoms with Gasteiger partial charge in [0.1, 0.15) is 13.2 Å². The lowest BCUT2D eigenvalue weighted by Crippen LogP contribution is -2.38. The second kappa shape index (κ2) is 6.26. The van der Waals surface area contributed by atoms with Crippen molar-refractivity contribution in [2.75, 3.05) is 19.8 Å². The summed E-state index contributed by atoms with van der Waals surface area (Å²) >= 11 is 0. The predicted molar refractivity (Wildman–Crippen MR) is 74.7 cm³/mol. The van der Waals surface area contributed by atoms with Crippen LogP contribution in [0, 0.1) is 5.92 Å². The van der Waals surface area contributed by atoms with Gasteiger partial charge in [-0.15, -0.1) is 0 Å². The molecule has 1 aliphatic heterocycles. The lowest BCUT2D eigenvalue weighted by Gasteiger charge is -2.26. The van der Waals surface area contributed by atoms with Crippen molar-refractivity contribution in [2.45, 2.75) is 32.9 Å². The van der Waals surface area contributed by atoms with Gasteiger partial charge in [0.15, 0.2) is 11.5 Å². The average molecular weight is 265 g/mol. The number of hydrogen-bond donors (Lipinski definition) is 2. The lowest BCUT2D eigenvalue weighted by atomic mass is 10.0. The van der Waals surface area contributed by atoms with Crippen molar-refractivity contribution < 1.29 is 14.6 Å². The molecule has 0 aromatic heterocycles. The van der Waals surface area contributed by atoms with Crippen LogP contribution in [0.5, 0.6) is 11.5 Å². The van der Waals surface area contributed by atoms with E-state index < -0.39 is 0 Å². The monoisotopic (exact) mass is 265 g/mol. The Bertz CT molecular complexity index is 420. The van der Waals surface area contributed by atoms with Gasteiger partial charge in [-0.25, -0.2) is 0 Å². The Morgan fingerprint density at radius 3 is 2.47 bits per heavy atom. The Morgan fingerprint density at radius 1 is 1.16 bits per heavy atom. The quantitative estimate of drug-likeness (QED) is 0.856. The summed E-state index contributed by atoms with van der Waals surface area (Å²) in [5, 5.41) is 12.8. The molecule has 0 bridgehead atoms. The maximum Gasteiger partial charge on any atom is 0.161 e. The van der Waals surface area contributed by atoms with Crippen molar-refractivity contribution in [2.24, 2.45) is 5.92 Å². The molecule has 4 heteroatoms. The maximum atomic E-state index is 9.38. The van der Waals surface area contributed by atoms with Gasteiger partial charge < -0.3 is 19.9 Å². The minimum absolute atomic E-state index is 0.100. The summed E-state index contributed by atoms with van der Waals surface area (Å²) < 4.78 is 11.1. The smallest absolute Gasteiger partial charge is 0.161 e. The van der Waals surface area contributed by atoms with Gasteiger partial charge >= 0.3 is 0 Å². The molecule has 0 saturated heterocycles. The van der Waals surface area contributed by atoms with E-state index in [1.54, 1.807) is 0 Å². The molecule has 0 spiro atoms. The number of benzene rings is 1. The molecule has 0 saturated carbocycles. The first-order valence-electron chi connectivity index (χ1n) is 6.88. The molecule has 2 N–H and O–H groups in total. The van der Waals surface area contributed by atoms with Crippen molar-refractivity contribution >= 4 is 0 Å². The molecule has 1 aromatic rings. The maximum absolute atomic E-state index is 9.38. The molecule has 4 nitrogen and oxygen atoms in total. The molecule has 0 fully saturated rings. The Balaban J connectivity index is 2.08. The molecule has 2 rings (SSSR count). The fourth-order valence-electron chi connectivity index (χ4n) is 2.20. The Hall–Kier alpha value is -1.26. The van der Waals surface area contributed by atoms with Crippen LogP contribution in [-0.4, -0.2) is 31.0 Å². The van der Waals surface area contributed by atoms with E-state index in [2.05, 4.69) is 26.1 Å². The number of rotatable bonds is 5. The summed E-state index contributed by atoms with van der Waals surface area (Å²) in [5.74, 6) is 2.01. The minimum Gasteiger partial charge on any atom is -0.486 e. The summed E-state index contributed by atoms with van der Waals surface area (Å²) in [7, 11) is 0. The van der Waals surface area contributed by atoms with E-state index in [4.69, 9.17) is 9.47 Å². The van der Waals surface area contributed by atoms with E-state index >= 15 is 0 Å². The van der Waals surface area contributed by atoms with E-state index in [0.29, 0.717) is 19.1 Å². The minimum atomic E-state index is 0.100. The zero-order valence-electron chi connectivity index (χ0n) is 11.8. The van der Waals surface area contributed by atoms with Crippen molar-refractivity contribution in [1.82, 2.24) is 5.32 Å². The average Bonchev–Trinajstić information content (AvgIpc) is 2.43. The van der Waals surface area contributed by atoms with Crippen molar-refractivity contribution in [3.8, 4) is 11.5 Å². The molecule has 1 heterocycles. The fourth-order valence-corrected chi connectivity index (χ4v) is 2.20. The van der Waals surface area contributed by atoms with Crippen LogP contribution in [-0.2, 0) is 0 Å². The van der Waals surface area contributed by atoms with Gasteiger partial charge in [0.05, 0.1) is 6.61 Å². The predicted octanol–water partition coefficient (Wildman–Crippen LogP) is 2.13. The fraction of sp³-hybridized carbons (Fsp3) is 0.600. The van der Waals surface area contributed by atoms with Crippen molar-refractivity contribution in [3.63, 3.8) is 0 Å². The van der Waals surface area contributed by atoms with E-state index in [0.717, 1.165) is 17.1 Å². The standard InChI is InChI=1S/C15H23NO3/c1-10(2)13(9-17)16-11(3)12-4-5-14-15(8-12)19-7-6-18-14/h4-5,8,10-11,13,16-17H,6-7,9H2,1-3H3. The number of nitrogens with one attached hydrogen (secondary N) is 1. The van der Waals surface area contributed by atoms with E-state index in [9.17, 15) is 5.11 Å². The molecule has 19 heavy (non-hydrogen) atoms. The summed E-state index contributed by atoms with van der Waals surface area (Å²) in [6.07, 6.45) is 0. The van der Waals surface area contributed by atoms with Crippen molar-refractivity contribution in [1.29, 1.82) is 0 Å². The van der Waals surface area contributed by atoms with Gasteiger partial charge in [-0.2, -0.15) is 0 Å². The highest BCUT2D eigenvalue weighted by Crippen LogP contribution is 2.32. The van der Waals surface area contributed by atoms with Crippen LogP contribution in [0.4, 0.5) is 0 Å². The van der Waals surface area contributed by atoms with Gasteiger partial charge in [-0.3, -0.25) is 0 Å². The van der Waals surface area contributed by atoms with Crippen LogP contribution in [0.3, 0.4) is 0 Å². The molecule has 1 aromatic carbocycles. The number of aliphatic hydroxyl groups excluding tert-OH is 1. The van der Waals surface area contributed by atoms with Crippen molar-refractivity contribution in [3.05, 3.63) is 23.8 Å². The normalized spacial score (nSPS) is 17.3. The first-order chi connectivity index (χ1) is 9.11. The molecule has 0 amide bonds. The second-order valence-corrected chi connectivity index (χ2v) is 5.32. The van der Waals surface area contributed by atoms with Gasteiger partial charge in [-0.05, 0) is 30.5 Å². The molecule has 0 aliphatic carbocycles. The lowest BCUT2D eigenvalue weighted by molar-refractivity contribution is 0.171. The second-order valence-electron chi connectivity index (χ2n) is 5.32. The zero-order valence-corrected chi connectivity index (χ0v) is 11.8. The highest BCUT2D eigenvalue weighted by Gasteiger charge is 2.18. The van der Waals surface area contributed by atoms with E-state index in [-0.39, 0.29) is 18.7 Å². The first-order valence-corrected chi connectivity index (χ1v) is 6.88. The number of ether oxygens (including phenoxy) is 2. The van der Waals surface area contributed by atoms with E-state index in [1.165, 1.54) is 0 Å². The molecule has 2 unspecified atom stereocenters. The largest absolute Gasteiger partial charge is 0.486 e. The number of hydrogen-bond acceptors (Lipinski definition) is 4. The molecule has 2 atom stereocenters. The van der Waals surface area contributed by atoms with Crippen LogP contribution in [0.2, 0.25) is 0 Å². The van der Waals surface area contributed by atoms with Crippen LogP contribution in [0.25, 0.3) is 0 Å². The van der Waals surface area contributed by atoms with Gasteiger partial charge in [0, 0.05) is 12.1 Å². The molecule has 106 valence electrons. The summed E-state index contributed by atoms with van der Waals surface area (Å²) in [4.78, 5) is 0. The summed E-state index contributed by atoms with van der Waals surface area (Å²) in [6, 6.07) is 6.27. The summed E-state index contributed by atoms with van der Waals surface area (Å²) in [5.41, 5.74) is 1.14. The zero-order chi connectivity index (χ0) is 13.8. The molecule has 1 aliphatic rings. The molecular weight excluding hydrogens is 242 g/mol. The number of aliphatic hydroxyl groups is 1. The third-order valence-electron chi connectivity index (χ3n) is 3.53. The van der Waals surface area contributed by atoms with Crippen LogP contribution in [0.15, 0.2) is 18.2 Å². The first kappa shape index (κ1) is 14.2. The topological polar surface area (TPSA) is 50.7 Å². The summed E-state index contributed by atoms with van der Waals surface area (Å²) in [6.45, 7) is 7.65. The van der Waals surface area contributed by atoms with Crippen LogP contribution >= 0.6 is 0 Å². The highest BCUT2D eigenvalue weighted by molar-refractivity contribution is 5.44. The van der Waals surface area contributed by atoms with Gasteiger partial charge in [-0.1, -0.05) is 19.9 Å². The highest BCUT2D eigenvalue weighted by atomic mass is 16.6. The van der Waals surface area contributed by atoms with Crippen LogP contribution < -0.4 is 14.8 Å². The Kier molecular flexibility index (Phi) is 4.66. The number of fused-ring (bicyclic) bond motifs is 1. The molecule has 0 radical (unpaired) electrons. The van der Waals surface area contributed by atoms with E-state index in [1.807, 2.05) is 18.2 Å². The van der Waals surface area contributed by atoms with Gasteiger partial charge in [0.2, 0.25) is 0 Å². The third kappa shape index (κ3) is 3.39.